The Kier molecular flexibility index (Phi) is 19.1. The van der Waals surface area contributed by atoms with Crippen LogP contribution in [0.3, 0.4) is 0 Å². The summed E-state index contributed by atoms with van der Waals surface area (Å²) < 4.78 is 64.4. The zero-order chi connectivity index (χ0) is 53.2. The van der Waals surface area contributed by atoms with Crippen molar-refractivity contribution in [1.82, 2.24) is 0 Å². The first kappa shape index (κ1) is 53.9. The second kappa shape index (κ2) is 27.3. The fourth-order valence-electron chi connectivity index (χ4n) is 9.00. The average Bonchev–Trinajstić information content (AvgIpc) is 3.50. The van der Waals surface area contributed by atoms with E-state index in [4.69, 9.17) is 47.4 Å². The van der Waals surface area contributed by atoms with Gasteiger partial charge in [-0.3, -0.25) is 0 Å². The molecule has 15 heteroatoms. The number of rotatable bonds is 22. The maximum atomic E-state index is 14.1. The van der Waals surface area contributed by atoms with E-state index in [1.165, 1.54) is 12.1 Å². The second-order valence-electron chi connectivity index (χ2n) is 18.3. The molecule has 0 saturated carbocycles. The van der Waals surface area contributed by atoms with Gasteiger partial charge in [-0.25, -0.2) is 19.2 Å². The Balaban J connectivity index is 1.07. The molecule has 0 spiro atoms. The van der Waals surface area contributed by atoms with Crippen LogP contribution in [0, 0.1) is 5.92 Å². The van der Waals surface area contributed by atoms with E-state index in [1.54, 1.807) is 109 Å². The lowest BCUT2D eigenvalue weighted by atomic mass is 9.89. The largest absolute Gasteiger partial charge is 0.462 e. The Hall–Kier alpha value is -7.86. The smallest absolute Gasteiger partial charge is 0.338 e. The highest BCUT2D eigenvalue weighted by Gasteiger charge is 2.53. The fourth-order valence-corrected chi connectivity index (χ4v) is 9.00. The second-order valence-corrected chi connectivity index (χ2v) is 18.3. The van der Waals surface area contributed by atoms with Crippen LogP contribution in [0.1, 0.15) is 58.1 Å². The first-order valence-electron chi connectivity index (χ1n) is 25.3. The summed E-state index contributed by atoms with van der Waals surface area (Å²) in [6.07, 6.45) is -11.7. The molecular weight excluding hydrogens is 985 g/mol. The van der Waals surface area contributed by atoms with Gasteiger partial charge in [0.1, 0.15) is 37.6 Å². The zero-order valence-electron chi connectivity index (χ0n) is 41.9. The van der Waals surface area contributed by atoms with Crippen molar-refractivity contribution in [1.29, 1.82) is 0 Å². The van der Waals surface area contributed by atoms with E-state index in [-0.39, 0.29) is 43.1 Å². The molecule has 77 heavy (non-hydrogen) atoms. The lowest BCUT2D eigenvalue weighted by Gasteiger charge is -2.47. The lowest BCUT2D eigenvalue weighted by molar-refractivity contribution is -0.339. The van der Waals surface area contributed by atoms with Gasteiger partial charge < -0.3 is 52.5 Å². The van der Waals surface area contributed by atoms with Gasteiger partial charge in [0, 0.05) is 0 Å². The first-order chi connectivity index (χ1) is 37.8. The minimum absolute atomic E-state index is 0.0711. The molecule has 7 aromatic carbocycles. The number of ether oxygens (including phenoxy) is 10. The summed E-state index contributed by atoms with van der Waals surface area (Å²) in [6, 6.07) is 61.6. The highest BCUT2D eigenvalue weighted by Crippen LogP contribution is 2.36. The van der Waals surface area contributed by atoms with Gasteiger partial charge in [0.25, 0.3) is 0 Å². The van der Waals surface area contributed by atoms with E-state index in [0.29, 0.717) is 5.56 Å². The van der Waals surface area contributed by atoms with E-state index in [1.807, 2.05) is 91.0 Å². The molecule has 2 aliphatic rings. The number of benzene rings is 7. The van der Waals surface area contributed by atoms with Crippen molar-refractivity contribution in [2.75, 3.05) is 19.8 Å². The van der Waals surface area contributed by atoms with E-state index < -0.39 is 98.3 Å². The fraction of sp³-hybridized carbons (Fsp3) is 0.258. The molecule has 15 nitrogen and oxygen atoms in total. The molecule has 0 aliphatic carbocycles. The minimum atomic E-state index is -1.91. The Labute approximate surface area is 446 Å². The van der Waals surface area contributed by atoms with Crippen LogP contribution in [-0.4, -0.2) is 104 Å². The van der Waals surface area contributed by atoms with Gasteiger partial charge in [0.2, 0.25) is 0 Å². The monoisotopic (exact) mass is 1040 g/mol. The topological polar surface area (TPSA) is 181 Å². The maximum Gasteiger partial charge on any atom is 0.338 e. The predicted molar refractivity (Wildman–Crippen MR) is 279 cm³/mol. The summed E-state index contributed by atoms with van der Waals surface area (Å²) in [6.45, 7) is -0.924. The molecule has 396 valence electrons. The van der Waals surface area contributed by atoms with E-state index in [2.05, 4.69) is 0 Å². The molecule has 5 unspecified atom stereocenters. The van der Waals surface area contributed by atoms with Gasteiger partial charge in [0.05, 0.1) is 60.7 Å². The van der Waals surface area contributed by atoms with Gasteiger partial charge in [-0.1, -0.05) is 164 Å². The van der Waals surface area contributed by atoms with Crippen LogP contribution in [0.4, 0.5) is 0 Å². The Morgan fingerprint density at radius 2 is 0.714 bits per heavy atom. The van der Waals surface area contributed by atoms with Crippen molar-refractivity contribution >= 4 is 23.9 Å². The summed E-state index contributed by atoms with van der Waals surface area (Å²) in [7, 11) is 0. The molecule has 0 radical (unpaired) electrons. The third-order valence-electron chi connectivity index (χ3n) is 13.0. The normalized spacial score (nSPS) is 23.0. The molecule has 2 aliphatic heterocycles. The van der Waals surface area contributed by atoms with E-state index in [0.717, 1.165) is 16.7 Å². The highest BCUT2D eigenvalue weighted by molar-refractivity contribution is 5.91. The number of esters is 4. The molecular formula is C62H58O15. The van der Waals surface area contributed by atoms with E-state index >= 15 is 0 Å². The SMILES string of the molecule is O=C(OCC1C(CO[C@@H]2O[C@H](COC(=O)c3ccccc3)[C@@H](OCc3ccccc3)[C@H](OCc3ccccc3)[C@H]2OCc2ccccc2)OC(O)C(OC(=O)c2ccccc2)C1OC(=O)c1ccccc1)c1ccccc1. The molecule has 1 N–H and O–H groups in total. The van der Waals surface area contributed by atoms with Crippen molar-refractivity contribution in [3.8, 4) is 0 Å². The third-order valence-corrected chi connectivity index (χ3v) is 13.0. The third kappa shape index (κ3) is 14.8. The highest BCUT2D eigenvalue weighted by atomic mass is 16.7. The summed E-state index contributed by atoms with van der Waals surface area (Å²) in [5.41, 5.74) is 3.40. The van der Waals surface area contributed by atoms with Crippen molar-refractivity contribution in [2.24, 2.45) is 5.92 Å². The van der Waals surface area contributed by atoms with Crippen LogP contribution in [-0.2, 0) is 67.2 Å². The summed E-state index contributed by atoms with van der Waals surface area (Å²) in [4.78, 5) is 55.1. The van der Waals surface area contributed by atoms with Gasteiger partial charge >= 0.3 is 23.9 Å². The van der Waals surface area contributed by atoms with Crippen LogP contribution < -0.4 is 0 Å². The van der Waals surface area contributed by atoms with Gasteiger partial charge in [0.15, 0.2) is 24.8 Å². The number of carbonyl (C=O) groups excluding carboxylic acids is 4. The number of aliphatic hydroxyl groups is 1. The number of hydrogen-bond acceptors (Lipinski definition) is 15. The zero-order valence-corrected chi connectivity index (χ0v) is 41.9. The Bertz CT molecular complexity index is 2920. The van der Waals surface area contributed by atoms with Crippen molar-refractivity contribution in [2.45, 2.75) is 75.1 Å². The van der Waals surface area contributed by atoms with E-state index in [9.17, 15) is 24.3 Å². The molecule has 0 amide bonds. The molecule has 2 heterocycles. The van der Waals surface area contributed by atoms with Gasteiger partial charge in [-0.2, -0.15) is 0 Å². The quantitative estimate of drug-likeness (QED) is 0.0502. The predicted octanol–water partition coefficient (Wildman–Crippen LogP) is 8.98. The minimum Gasteiger partial charge on any atom is -0.462 e. The van der Waals surface area contributed by atoms with Crippen LogP contribution in [0.15, 0.2) is 212 Å². The molecule has 9 rings (SSSR count). The molecule has 2 saturated heterocycles. The maximum absolute atomic E-state index is 14.1. The summed E-state index contributed by atoms with van der Waals surface area (Å²) in [5, 5.41) is 11.9. The Morgan fingerprint density at radius 1 is 0.351 bits per heavy atom. The Morgan fingerprint density at radius 3 is 1.16 bits per heavy atom. The molecule has 2 fully saturated rings. The van der Waals surface area contributed by atoms with Crippen molar-refractivity contribution < 1.29 is 71.7 Å². The van der Waals surface area contributed by atoms with Crippen molar-refractivity contribution in [3.63, 3.8) is 0 Å². The van der Waals surface area contributed by atoms with Crippen LogP contribution in [0.2, 0.25) is 0 Å². The lowest BCUT2D eigenvalue weighted by Crippen LogP contribution is -2.63. The number of carbonyl (C=O) groups is 4. The molecule has 0 bridgehead atoms. The standard InChI is InChI=1S/C62H58O15/c63-57(45-28-14-4-15-29-45)71-39-49-50(74-61(67)55(77-60(66)48-34-20-7-21-35-48)52(49)76-59(65)47-32-18-6-19-33-47)40-73-62-56(70-38-44-26-12-3-13-27-44)54(69-37-43-24-10-2-11-25-43)53(68-36-42-22-8-1-9-23-42)51(75-62)41-72-58(64)46-30-16-5-17-31-46/h1-35,49-56,61-62,67H,36-41H2/t49?,50?,51-,52?,53-,54+,55?,56-,61?,62-/m1/s1. The van der Waals surface area contributed by atoms with Crippen LogP contribution in [0.5, 0.6) is 0 Å². The van der Waals surface area contributed by atoms with Crippen molar-refractivity contribution in [3.05, 3.63) is 251 Å². The average molecular weight is 1040 g/mol. The molecule has 0 aromatic heterocycles. The first-order valence-corrected chi connectivity index (χ1v) is 25.3. The van der Waals surface area contributed by atoms with Crippen LogP contribution in [0.25, 0.3) is 0 Å². The summed E-state index contributed by atoms with van der Waals surface area (Å²) in [5.74, 6) is -4.14. The van der Waals surface area contributed by atoms with Gasteiger partial charge in [-0.15, -0.1) is 0 Å². The van der Waals surface area contributed by atoms with Gasteiger partial charge in [-0.05, 0) is 65.2 Å². The number of aliphatic hydroxyl groups excluding tert-OH is 1. The molecule has 10 atom stereocenters. The summed E-state index contributed by atoms with van der Waals surface area (Å²) >= 11 is 0. The number of hydrogen-bond donors (Lipinski definition) is 1. The molecule has 7 aromatic rings. The van der Waals surface area contributed by atoms with Crippen LogP contribution >= 0.6 is 0 Å².